The number of rotatable bonds is 6. The Morgan fingerprint density at radius 2 is 0.646 bits per heavy atom. The van der Waals surface area contributed by atoms with E-state index in [1.165, 1.54) is 43.8 Å². The van der Waals surface area contributed by atoms with Crippen LogP contribution in [0.2, 0.25) is 0 Å². The third-order valence-electron chi connectivity index (χ3n) is 15.6. The molecule has 0 atom stereocenters. The Morgan fingerprint density at radius 3 is 1.01 bits per heavy atom. The minimum absolute atomic E-state index is 0.326. The van der Waals surface area contributed by atoms with Crippen LogP contribution in [0.3, 0.4) is 0 Å². The second-order valence-corrected chi connectivity index (χ2v) is 23.1. The summed E-state index contributed by atoms with van der Waals surface area (Å²) in [4.78, 5) is 14.5. The molecule has 0 spiro atoms. The van der Waals surface area contributed by atoms with Crippen LogP contribution >= 0.6 is 31.9 Å². The van der Waals surface area contributed by atoms with Gasteiger partial charge in [-0.05, 0) is 150 Å². The fourth-order valence-electron chi connectivity index (χ4n) is 10.4. The summed E-state index contributed by atoms with van der Waals surface area (Å²) >= 11 is 6.88. The van der Waals surface area contributed by atoms with Crippen molar-refractivity contribution >= 4 is 99.1 Å². The van der Waals surface area contributed by atoms with Crippen molar-refractivity contribution in [3.05, 3.63) is 227 Å². The summed E-state index contributed by atoms with van der Waals surface area (Å²) in [5, 5.41) is 4.97. The van der Waals surface area contributed by atoms with Crippen LogP contribution < -0.4 is 5.46 Å². The first-order valence-corrected chi connectivity index (χ1v) is 28.1. The Morgan fingerprint density at radius 1 is 0.342 bits per heavy atom. The lowest BCUT2D eigenvalue weighted by molar-refractivity contribution is 0.00578. The number of aryl methyl sites for hydroxylation is 3. The van der Waals surface area contributed by atoms with Gasteiger partial charge in [0.2, 0.25) is 0 Å². The average Bonchev–Trinajstić information content (AvgIpc) is 4.21. The van der Waals surface area contributed by atoms with Crippen LogP contribution in [0.25, 0.3) is 111 Å². The van der Waals surface area contributed by atoms with Crippen molar-refractivity contribution in [3.8, 4) is 56.4 Å². The van der Waals surface area contributed by atoms with Crippen molar-refractivity contribution < 1.29 is 9.31 Å². The van der Waals surface area contributed by atoms with Gasteiger partial charge in [0.15, 0.2) is 0 Å². The highest BCUT2D eigenvalue weighted by atomic mass is 79.9. The zero-order valence-electron chi connectivity index (χ0n) is 45.1. The molecule has 79 heavy (non-hydrogen) atoms. The van der Waals surface area contributed by atoms with Crippen LogP contribution in [0.5, 0.6) is 0 Å². The number of aromatic nitrogens is 6. The molecular weight excluding hydrogens is 1100 g/mol. The number of hydrogen-bond acceptors (Lipinski definition) is 5. The van der Waals surface area contributed by atoms with Crippen molar-refractivity contribution in [2.24, 2.45) is 21.1 Å². The predicted molar refractivity (Wildman–Crippen MR) is 335 cm³/mol. The summed E-state index contributed by atoms with van der Waals surface area (Å²) in [5.74, 6) is 2.92. The van der Waals surface area contributed by atoms with Gasteiger partial charge in [-0.15, -0.1) is 0 Å². The molecule has 1 aliphatic rings. The standard InChI is InChI=1S/C38H28N4.C20H23BN2O2.C10H6Br2/c1-41-35-9-5-3-7-33(35)39-37(41)28-17-11-25(12-18-28)30-21-15-27-16-22-31(24-32(27)23-30)26-13-19-29(20-14-26)38-40-34-8-4-6-10-36(34)42(38)2;1-19(2)20(3,4)25-21(24-19)15-12-10-14(11-13-15)18-22-16-8-6-7-9-17(16)23(18)5;11-9-3-1-7-2-4-10(12)6-8(7)5-9/h3-24H,1-2H3;6-13H,1-5H3;1-6H. The SMILES string of the molecule is Brc1ccc2ccc(Br)cc2c1.Cn1c(-c2ccc(-c3ccc4ccc(-c5ccc(-c6nc7ccccc7n6C)cc5)cc4c3)cc2)nc2ccccc21.Cn1c(-c2ccc(B3OC(C)(C)C(C)(C)O3)cc2)nc2ccccc21. The van der Waals surface area contributed by atoms with E-state index in [4.69, 9.17) is 24.3 Å². The van der Waals surface area contributed by atoms with Gasteiger partial charge in [-0.2, -0.15) is 0 Å². The van der Waals surface area contributed by atoms with Gasteiger partial charge in [0, 0.05) is 46.8 Å². The van der Waals surface area contributed by atoms with E-state index in [9.17, 15) is 0 Å². The fourth-order valence-corrected chi connectivity index (χ4v) is 11.2. The Hall–Kier alpha value is -7.93. The highest BCUT2D eigenvalue weighted by molar-refractivity contribution is 9.10. The Balaban J connectivity index is 0.000000141. The molecule has 1 saturated heterocycles. The lowest BCUT2D eigenvalue weighted by Gasteiger charge is -2.32. The molecule has 388 valence electrons. The summed E-state index contributed by atoms with van der Waals surface area (Å²) < 4.78 is 20.9. The third kappa shape index (κ3) is 10.2. The number of halogens is 2. The zero-order chi connectivity index (χ0) is 54.6. The van der Waals surface area contributed by atoms with Crippen LogP contribution in [0.4, 0.5) is 0 Å². The predicted octanol–water partition coefficient (Wildman–Crippen LogP) is 17.2. The Bertz CT molecular complexity index is 4180. The van der Waals surface area contributed by atoms with Gasteiger partial charge in [0.05, 0.1) is 44.3 Å². The van der Waals surface area contributed by atoms with Crippen molar-refractivity contribution in [1.29, 1.82) is 0 Å². The van der Waals surface area contributed by atoms with E-state index in [1.54, 1.807) is 0 Å². The fraction of sp³-hybridized carbons (Fsp3) is 0.132. The van der Waals surface area contributed by atoms with Gasteiger partial charge in [0.1, 0.15) is 17.5 Å². The van der Waals surface area contributed by atoms with Crippen molar-refractivity contribution in [2.75, 3.05) is 0 Å². The Labute approximate surface area is 477 Å². The molecule has 8 nitrogen and oxygen atoms in total. The molecule has 0 saturated carbocycles. The molecule has 14 rings (SSSR count). The number of hydrogen-bond donors (Lipinski definition) is 0. The molecule has 3 aromatic heterocycles. The van der Waals surface area contributed by atoms with Crippen molar-refractivity contribution in [2.45, 2.75) is 38.9 Å². The largest absolute Gasteiger partial charge is 0.494 e. The molecule has 0 amide bonds. The molecule has 10 aromatic carbocycles. The molecular formula is C68H57BBr2N6O2. The van der Waals surface area contributed by atoms with Crippen molar-refractivity contribution in [1.82, 2.24) is 28.7 Å². The van der Waals surface area contributed by atoms with E-state index >= 15 is 0 Å². The first-order chi connectivity index (χ1) is 38.2. The van der Waals surface area contributed by atoms with Crippen LogP contribution in [-0.4, -0.2) is 47.0 Å². The van der Waals surface area contributed by atoms with Gasteiger partial charge >= 0.3 is 7.12 Å². The zero-order valence-corrected chi connectivity index (χ0v) is 48.3. The number of imidazole rings is 3. The summed E-state index contributed by atoms with van der Waals surface area (Å²) in [6.45, 7) is 8.28. The molecule has 1 aliphatic heterocycles. The molecule has 0 unspecified atom stereocenters. The quantitative estimate of drug-likeness (QED) is 0.155. The maximum absolute atomic E-state index is 6.12. The average molecular weight is 1160 g/mol. The van der Waals surface area contributed by atoms with Gasteiger partial charge in [-0.3, -0.25) is 0 Å². The van der Waals surface area contributed by atoms with Gasteiger partial charge in [-0.25, -0.2) is 15.0 Å². The highest BCUT2D eigenvalue weighted by Crippen LogP contribution is 2.37. The highest BCUT2D eigenvalue weighted by Gasteiger charge is 2.51. The van der Waals surface area contributed by atoms with Crippen LogP contribution in [0.15, 0.2) is 227 Å². The second-order valence-electron chi connectivity index (χ2n) is 21.2. The monoisotopic (exact) mass is 1160 g/mol. The number of fused-ring (bicyclic) bond motifs is 5. The summed E-state index contributed by atoms with van der Waals surface area (Å²) in [7, 11) is 5.87. The van der Waals surface area contributed by atoms with Crippen LogP contribution in [-0.2, 0) is 30.5 Å². The smallest absolute Gasteiger partial charge is 0.399 e. The van der Waals surface area contributed by atoms with Gasteiger partial charge < -0.3 is 23.0 Å². The second kappa shape index (κ2) is 21.0. The summed E-state index contributed by atoms with van der Waals surface area (Å²) in [6.07, 6.45) is 0. The first-order valence-electron chi connectivity index (χ1n) is 26.5. The van der Waals surface area contributed by atoms with E-state index in [0.717, 1.165) is 81.7 Å². The maximum atomic E-state index is 6.12. The first kappa shape index (κ1) is 51.8. The number of nitrogens with zero attached hydrogens (tertiary/aromatic N) is 6. The lowest BCUT2D eigenvalue weighted by atomic mass is 9.79. The van der Waals surface area contributed by atoms with Gasteiger partial charge in [-0.1, -0.05) is 177 Å². The minimum Gasteiger partial charge on any atom is -0.399 e. The van der Waals surface area contributed by atoms with E-state index in [2.05, 4.69) is 275 Å². The Kier molecular flexibility index (Phi) is 13.8. The summed E-state index contributed by atoms with van der Waals surface area (Å²) in [6, 6.07) is 76.4. The van der Waals surface area contributed by atoms with E-state index < -0.39 is 0 Å². The van der Waals surface area contributed by atoms with E-state index in [1.807, 2.05) is 37.4 Å². The van der Waals surface area contributed by atoms with Gasteiger partial charge in [0.25, 0.3) is 0 Å². The van der Waals surface area contributed by atoms with E-state index in [0.29, 0.717) is 0 Å². The lowest BCUT2D eigenvalue weighted by Crippen LogP contribution is -2.41. The van der Waals surface area contributed by atoms with Crippen LogP contribution in [0, 0.1) is 0 Å². The summed E-state index contributed by atoms with van der Waals surface area (Å²) in [5.41, 5.74) is 14.9. The van der Waals surface area contributed by atoms with E-state index in [-0.39, 0.29) is 18.3 Å². The molecule has 11 heteroatoms. The molecule has 4 heterocycles. The number of para-hydroxylation sites is 6. The molecule has 0 N–H and O–H groups in total. The molecule has 1 fully saturated rings. The third-order valence-corrected chi connectivity index (χ3v) is 16.6. The van der Waals surface area contributed by atoms with Crippen molar-refractivity contribution in [3.63, 3.8) is 0 Å². The number of benzene rings is 10. The minimum atomic E-state index is -0.334. The molecule has 13 aromatic rings. The maximum Gasteiger partial charge on any atom is 0.494 e. The molecule has 0 bridgehead atoms. The molecule has 0 aliphatic carbocycles. The van der Waals surface area contributed by atoms with Crippen LogP contribution in [0.1, 0.15) is 27.7 Å². The molecule has 0 radical (unpaired) electrons. The normalized spacial score (nSPS) is 13.7. The topological polar surface area (TPSA) is 71.9 Å².